The van der Waals surface area contributed by atoms with Gasteiger partial charge in [-0.05, 0) is 49.6 Å². The first-order valence-electron chi connectivity index (χ1n) is 8.06. The minimum Gasteiger partial charge on any atom is -0.366 e. The first kappa shape index (κ1) is 17.2. The van der Waals surface area contributed by atoms with E-state index >= 15 is 0 Å². The smallest absolute Gasteiger partial charge is 0.293 e. The predicted molar refractivity (Wildman–Crippen MR) is 98.7 cm³/mol. The SMILES string of the molecule is Cc1ccc(Cl)cc1NC(=O)c1ccc(N2CCCC2)c([N+](=O)[O-])c1. The summed E-state index contributed by atoms with van der Waals surface area (Å²) in [5.41, 5.74) is 2.22. The van der Waals surface area contributed by atoms with Gasteiger partial charge in [0.2, 0.25) is 0 Å². The normalized spacial score (nSPS) is 13.8. The molecule has 0 radical (unpaired) electrons. The van der Waals surface area contributed by atoms with Gasteiger partial charge in [0.25, 0.3) is 11.6 Å². The lowest BCUT2D eigenvalue weighted by Crippen LogP contribution is -2.20. The third kappa shape index (κ3) is 3.74. The van der Waals surface area contributed by atoms with Crippen molar-refractivity contribution in [2.24, 2.45) is 0 Å². The van der Waals surface area contributed by atoms with Crippen LogP contribution in [0.25, 0.3) is 0 Å². The van der Waals surface area contributed by atoms with Crippen LogP contribution in [0.1, 0.15) is 28.8 Å². The summed E-state index contributed by atoms with van der Waals surface area (Å²) in [5.74, 6) is -0.401. The molecule has 3 rings (SSSR count). The number of rotatable bonds is 4. The van der Waals surface area contributed by atoms with Crippen LogP contribution in [-0.4, -0.2) is 23.9 Å². The fraction of sp³-hybridized carbons (Fsp3) is 0.278. The molecule has 0 saturated carbocycles. The van der Waals surface area contributed by atoms with Crippen molar-refractivity contribution in [2.75, 3.05) is 23.3 Å². The molecule has 1 aliphatic heterocycles. The molecule has 1 heterocycles. The van der Waals surface area contributed by atoms with E-state index < -0.39 is 10.8 Å². The van der Waals surface area contributed by atoms with Crippen LogP contribution in [0.15, 0.2) is 36.4 Å². The highest BCUT2D eigenvalue weighted by atomic mass is 35.5. The van der Waals surface area contributed by atoms with Crippen LogP contribution in [0, 0.1) is 17.0 Å². The monoisotopic (exact) mass is 359 g/mol. The Labute approximate surface area is 150 Å². The van der Waals surface area contributed by atoms with Crippen LogP contribution in [0.2, 0.25) is 5.02 Å². The Morgan fingerprint density at radius 2 is 1.92 bits per heavy atom. The number of benzene rings is 2. The molecule has 0 aromatic heterocycles. The predicted octanol–water partition coefficient (Wildman–Crippen LogP) is 4.41. The second-order valence-electron chi connectivity index (χ2n) is 6.07. The summed E-state index contributed by atoms with van der Waals surface area (Å²) in [6.07, 6.45) is 2.04. The summed E-state index contributed by atoms with van der Waals surface area (Å²) in [6.45, 7) is 3.45. The zero-order valence-electron chi connectivity index (χ0n) is 13.8. The number of halogens is 1. The van der Waals surface area contributed by atoms with Crippen molar-refractivity contribution in [1.82, 2.24) is 0 Å². The van der Waals surface area contributed by atoms with Crippen molar-refractivity contribution >= 4 is 34.6 Å². The van der Waals surface area contributed by atoms with Crippen molar-refractivity contribution in [3.05, 3.63) is 62.7 Å². The van der Waals surface area contributed by atoms with Crippen molar-refractivity contribution in [1.29, 1.82) is 0 Å². The lowest BCUT2D eigenvalue weighted by molar-refractivity contribution is -0.384. The first-order valence-corrected chi connectivity index (χ1v) is 8.44. The van der Waals surface area contributed by atoms with E-state index in [2.05, 4.69) is 5.32 Å². The summed E-state index contributed by atoms with van der Waals surface area (Å²) in [5, 5.41) is 14.7. The van der Waals surface area contributed by atoms with Gasteiger partial charge in [-0.1, -0.05) is 17.7 Å². The van der Waals surface area contributed by atoms with Gasteiger partial charge >= 0.3 is 0 Å². The first-order chi connectivity index (χ1) is 12.0. The van der Waals surface area contributed by atoms with Gasteiger partial charge in [0.15, 0.2) is 0 Å². The Hall–Kier alpha value is -2.60. The Kier molecular flexibility index (Phi) is 4.90. The van der Waals surface area contributed by atoms with E-state index in [9.17, 15) is 14.9 Å². The molecule has 0 aliphatic carbocycles. The number of aryl methyl sites for hydroxylation is 1. The van der Waals surface area contributed by atoms with Crippen molar-refractivity contribution < 1.29 is 9.72 Å². The van der Waals surface area contributed by atoms with Gasteiger partial charge in [-0.25, -0.2) is 0 Å². The number of nitrogens with zero attached hydrogens (tertiary/aromatic N) is 2. The van der Waals surface area contributed by atoms with Crippen LogP contribution < -0.4 is 10.2 Å². The van der Waals surface area contributed by atoms with E-state index in [0.29, 0.717) is 16.4 Å². The standard InChI is InChI=1S/C18H18ClN3O3/c1-12-4-6-14(19)11-15(12)20-18(23)13-5-7-16(17(10-13)22(24)25)21-8-2-3-9-21/h4-7,10-11H,2-3,8-9H2,1H3,(H,20,23). The summed E-state index contributed by atoms with van der Waals surface area (Å²) in [4.78, 5) is 25.5. The van der Waals surface area contributed by atoms with Gasteiger partial charge in [0.05, 0.1) is 4.92 Å². The molecule has 0 unspecified atom stereocenters. The van der Waals surface area contributed by atoms with E-state index in [1.165, 1.54) is 6.07 Å². The number of amides is 1. The van der Waals surface area contributed by atoms with Crippen LogP contribution in [0.5, 0.6) is 0 Å². The van der Waals surface area contributed by atoms with E-state index in [4.69, 9.17) is 11.6 Å². The Bertz CT molecular complexity index is 832. The van der Waals surface area contributed by atoms with E-state index in [0.717, 1.165) is 31.5 Å². The highest BCUT2D eigenvalue weighted by Crippen LogP contribution is 2.32. The number of carbonyl (C=O) groups excluding carboxylic acids is 1. The Balaban J connectivity index is 1.89. The van der Waals surface area contributed by atoms with Crippen LogP contribution in [0.4, 0.5) is 17.1 Å². The summed E-state index contributed by atoms with van der Waals surface area (Å²) in [7, 11) is 0. The molecular weight excluding hydrogens is 342 g/mol. The molecule has 2 aromatic carbocycles. The van der Waals surface area contributed by atoms with E-state index in [1.54, 1.807) is 30.3 Å². The number of hydrogen-bond acceptors (Lipinski definition) is 4. The van der Waals surface area contributed by atoms with Gasteiger partial charge in [0.1, 0.15) is 5.69 Å². The van der Waals surface area contributed by atoms with Gasteiger partial charge < -0.3 is 10.2 Å². The maximum atomic E-state index is 12.5. The molecule has 0 atom stereocenters. The molecule has 2 aromatic rings. The van der Waals surface area contributed by atoms with Crippen LogP contribution >= 0.6 is 11.6 Å². The van der Waals surface area contributed by atoms with Gasteiger partial charge in [-0.15, -0.1) is 0 Å². The highest BCUT2D eigenvalue weighted by Gasteiger charge is 2.24. The van der Waals surface area contributed by atoms with Crippen molar-refractivity contribution in [2.45, 2.75) is 19.8 Å². The highest BCUT2D eigenvalue weighted by molar-refractivity contribution is 6.31. The Morgan fingerprint density at radius 3 is 2.60 bits per heavy atom. The Morgan fingerprint density at radius 1 is 1.20 bits per heavy atom. The molecule has 1 amide bonds. The minimum absolute atomic E-state index is 0.0441. The van der Waals surface area contributed by atoms with Crippen molar-refractivity contribution in [3.8, 4) is 0 Å². The lowest BCUT2D eigenvalue weighted by atomic mass is 10.1. The molecule has 0 bridgehead atoms. The minimum atomic E-state index is -0.435. The number of nitro benzene ring substituents is 1. The fourth-order valence-corrected chi connectivity index (χ4v) is 3.13. The second-order valence-corrected chi connectivity index (χ2v) is 6.50. The largest absolute Gasteiger partial charge is 0.366 e. The third-order valence-corrected chi connectivity index (χ3v) is 4.56. The topological polar surface area (TPSA) is 75.5 Å². The summed E-state index contributed by atoms with van der Waals surface area (Å²) < 4.78 is 0. The van der Waals surface area contributed by atoms with Crippen LogP contribution in [-0.2, 0) is 0 Å². The lowest BCUT2D eigenvalue weighted by Gasteiger charge is -2.18. The molecule has 1 aliphatic rings. The maximum Gasteiger partial charge on any atom is 0.293 e. The second kappa shape index (κ2) is 7.11. The average molecular weight is 360 g/mol. The zero-order chi connectivity index (χ0) is 18.0. The third-order valence-electron chi connectivity index (χ3n) is 4.33. The van der Waals surface area contributed by atoms with E-state index in [1.807, 2.05) is 11.8 Å². The van der Waals surface area contributed by atoms with E-state index in [-0.39, 0.29) is 11.3 Å². The number of anilines is 2. The number of hydrogen-bond donors (Lipinski definition) is 1. The van der Waals surface area contributed by atoms with Gasteiger partial charge in [0, 0.05) is 35.4 Å². The molecule has 1 N–H and O–H groups in total. The molecule has 1 saturated heterocycles. The maximum absolute atomic E-state index is 12.5. The quantitative estimate of drug-likeness (QED) is 0.648. The molecule has 130 valence electrons. The number of nitro groups is 1. The molecule has 25 heavy (non-hydrogen) atoms. The summed E-state index contributed by atoms with van der Waals surface area (Å²) >= 11 is 5.96. The number of carbonyl (C=O) groups is 1. The van der Waals surface area contributed by atoms with Crippen LogP contribution in [0.3, 0.4) is 0 Å². The molecular formula is C18H18ClN3O3. The molecule has 0 spiro atoms. The van der Waals surface area contributed by atoms with Crippen molar-refractivity contribution in [3.63, 3.8) is 0 Å². The fourth-order valence-electron chi connectivity index (χ4n) is 2.96. The zero-order valence-corrected chi connectivity index (χ0v) is 14.5. The van der Waals surface area contributed by atoms with Gasteiger partial charge in [-0.3, -0.25) is 14.9 Å². The molecule has 1 fully saturated rings. The molecule has 7 heteroatoms. The van der Waals surface area contributed by atoms with Gasteiger partial charge in [-0.2, -0.15) is 0 Å². The number of nitrogens with one attached hydrogen (secondary N) is 1. The summed E-state index contributed by atoms with van der Waals surface area (Å²) in [6, 6.07) is 9.81. The average Bonchev–Trinajstić information content (AvgIpc) is 3.12. The molecule has 6 nitrogen and oxygen atoms in total.